The van der Waals surface area contributed by atoms with Crippen molar-refractivity contribution < 1.29 is 29.0 Å². The van der Waals surface area contributed by atoms with Gasteiger partial charge in [-0.2, -0.15) is 0 Å². The first-order valence-electron chi connectivity index (χ1n) is 17.3. The minimum absolute atomic E-state index is 0.0194. The zero-order chi connectivity index (χ0) is 32.9. The molecule has 2 fully saturated rings. The number of rotatable bonds is 17. The number of ether oxygens (including phenoxy) is 2. The van der Waals surface area contributed by atoms with Crippen molar-refractivity contribution in [2.45, 2.75) is 136 Å². The number of carbonyl (C=O) groups is 3. The maximum absolute atomic E-state index is 13.8. The van der Waals surface area contributed by atoms with Gasteiger partial charge in [0.2, 0.25) is 5.91 Å². The van der Waals surface area contributed by atoms with Gasteiger partial charge in [0.05, 0.1) is 12.5 Å². The topological polar surface area (TPSA) is 117 Å². The molecule has 3 N–H and O–H groups in total. The van der Waals surface area contributed by atoms with Crippen molar-refractivity contribution in [2.75, 3.05) is 19.7 Å². The van der Waals surface area contributed by atoms with Gasteiger partial charge in [0, 0.05) is 31.1 Å². The minimum atomic E-state index is -0.964. The third-order valence-electron chi connectivity index (χ3n) is 9.38. The number of carboxylic acid groups (broad SMARTS) is 1. The van der Waals surface area contributed by atoms with Crippen molar-refractivity contribution in [2.24, 2.45) is 17.3 Å². The van der Waals surface area contributed by atoms with Gasteiger partial charge in [-0.15, -0.1) is 0 Å². The van der Waals surface area contributed by atoms with Crippen molar-refractivity contribution in [3.8, 4) is 0 Å². The summed E-state index contributed by atoms with van der Waals surface area (Å²) in [5.41, 5.74) is 0.511. The van der Waals surface area contributed by atoms with E-state index in [0.29, 0.717) is 26.1 Å². The number of urea groups is 1. The number of carbonyl (C=O) groups excluding carboxylic acids is 2. The second-order valence-electron chi connectivity index (χ2n) is 14.3. The molecule has 3 rings (SSSR count). The first kappa shape index (κ1) is 36.8. The molecule has 254 valence electrons. The molecule has 2 aliphatic rings. The average molecular weight is 630 g/mol. The van der Waals surface area contributed by atoms with Crippen molar-refractivity contribution in [1.29, 1.82) is 0 Å². The summed E-state index contributed by atoms with van der Waals surface area (Å²) in [5, 5.41) is 16.4. The molecule has 4 atom stereocenters. The van der Waals surface area contributed by atoms with Crippen molar-refractivity contribution in [1.82, 2.24) is 15.5 Å². The van der Waals surface area contributed by atoms with Gasteiger partial charge in [0.15, 0.2) is 5.79 Å². The second kappa shape index (κ2) is 17.9. The van der Waals surface area contributed by atoms with E-state index in [1.165, 1.54) is 38.5 Å². The molecule has 1 aliphatic carbocycles. The number of hydrogen-bond acceptors (Lipinski definition) is 5. The summed E-state index contributed by atoms with van der Waals surface area (Å²) in [4.78, 5) is 41.5. The Morgan fingerprint density at radius 1 is 0.956 bits per heavy atom. The fourth-order valence-electron chi connectivity index (χ4n) is 6.61. The SMILES string of the molecule is CCCCCCCCCCN(Cc1ccccc1)C(=O)N[C@H]1CCCC[C@H]1C(CNC(=O)C1OC(C)(C)OCC1(C)C)C(=O)O. The fraction of sp³-hybridized carbons (Fsp3) is 0.750. The second-order valence-corrected chi connectivity index (χ2v) is 14.3. The molecule has 9 heteroatoms. The predicted molar refractivity (Wildman–Crippen MR) is 177 cm³/mol. The highest BCUT2D eigenvalue weighted by Crippen LogP contribution is 2.35. The molecule has 0 bridgehead atoms. The van der Waals surface area contributed by atoms with Crippen LogP contribution in [0.5, 0.6) is 0 Å². The van der Waals surface area contributed by atoms with E-state index in [2.05, 4.69) is 17.6 Å². The van der Waals surface area contributed by atoms with Crippen LogP contribution in [-0.2, 0) is 25.6 Å². The van der Waals surface area contributed by atoms with Gasteiger partial charge in [-0.3, -0.25) is 9.59 Å². The van der Waals surface area contributed by atoms with Gasteiger partial charge in [0.1, 0.15) is 6.10 Å². The molecule has 1 heterocycles. The lowest BCUT2D eigenvalue weighted by atomic mass is 9.76. The summed E-state index contributed by atoms with van der Waals surface area (Å²) in [7, 11) is 0. The van der Waals surface area contributed by atoms with E-state index >= 15 is 0 Å². The average Bonchev–Trinajstić information content (AvgIpc) is 3.00. The Morgan fingerprint density at radius 3 is 2.27 bits per heavy atom. The van der Waals surface area contributed by atoms with Gasteiger partial charge in [-0.1, -0.05) is 109 Å². The Balaban J connectivity index is 1.63. The normalized spacial score (nSPS) is 23.1. The van der Waals surface area contributed by atoms with Gasteiger partial charge < -0.3 is 30.1 Å². The summed E-state index contributed by atoms with van der Waals surface area (Å²) >= 11 is 0. The summed E-state index contributed by atoms with van der Waals surface area (Å²) in [6.07, 6.45) is 12.0. The largest absolute Gasteiger partial charge is 0.481 e. The molecule has 2 unspecified atom stereocenters. The molecule has 1 aromatic rings. The summed E-state index contributed by atoms with van der Waals surface area (Å²) in [6, 6.07) is 9.58. The predicted octanol–water partition coefficient (Wildman–Crippen LogP) is 6.89. The first-order valence-corrected chi connectivity index (χ1v) is 17.3. The van der Waals surface area contributed by atoms with Crippen molar-refractivity contribution in [3.63, 3.8) is 0 Å². The maximum Gasteiger partial charge on any atom is 0.317 e. The molecule has 1 aliphatic heterocycles. The van der Waals surface area contributed by atoms with E-state index in [4.69, 9.17) is 9.47 Å². The highest BCUT2D eigenvalue weighted by atomic mass is 16.7. The van der Waals surface area contributed by atoms with E-state index in [9.17, 15) is 19.5 Å². The molecular formula is C36H59N3O6. The van der Waals surface area contributed by atoms with Gasteiger partial charge >= 0.3 is 12.0 Å². The molecule has 0 spiro atoms. The highest BCUT2D eigenvalue weighted by Gasteiger charge is 2.46. The van der Waals surface area contributed by atoms with E-state index < -0.39 is 29.2 Å². The van der Waals surface area contributed by atoms with Crippen LogP contribution in [0.1, 0.15) is 117 Å². The quantitative estimate of drug-likeness (QED) is 0.162. The van der Waals surface area contributed by atoms with Crippen LogP contribution in [0.4, 0.5) is 4.79 Å². The van der Waals surface area contributed by atoms with Crippen LogP contribution >= 0.6 is 0 Å². The number of nitrogens with zero attached hydrogens (tertiary/aromatic N) is 1. The third-order valence-corrected chi connectivity index (χ3v) is 9.38. The molecular weight excluding hydrogens is 570 g/mol. The molecule has 1 saturated carbocycles. The van der Waals surface area contributed by atoms with E-state index in [1.807, 2.05) is 49.1 Å². The first-order chi connectivity index (χ1) is 21.4. The van der Waals surface area contributed by atoms with Crippen molar-refractivity contribution in [3.05, 3.63) is 35.9 Å². The van der Waals surface area contributed by atoms with Crippen LogP contribution in [0.25, 0.3) is 0 Å². The van der Waals surface area contributed by atoms with E-state index in [1.54, 1.807) is 13.8 Å². The summed E-state index contributed by atoms with van der Waals surface area (Å²) in [6.45, 7) is 11.1. The Kier molecular flexibility index (Phi) is 14.6. The third kappa shape index (κ3) is 11.9. The Morgan fingerprint density at radius 2 is 1.60 bits per heavy atom. The molecule has 45 heavy (non-hydrogen) atoms. The van der Waals surface area contributed by atoms with Crippen molar-refractivity contribution >= 4 is 17.9 Å². The van der Waals surface area contributed by atoms with Crippen LogP contribution in [0.2, 0.25) is 0 Å². The van der Waals surface area contributed by atoms with E-state index in [-0.39, 0.29) is 30.4 Å². The fourth-order valence-corrected chi connectivity index (χ4v) is 6.61. The molecule has 0 radical (unpaired) electrons. The van der Waals surface area contributed by atoms with E-state index in [0.717, 1.165) is 37.7 Å². The van der Waals surface area contributed by atoms with Gasteiger partial charge in [-0.05, 0) is 44.6 Å². The highest BCUT2D eigenvalue weighted by molar-refractivity contribution is 5.82. The lowest BCUT2D eigenvalue weighted by molar-refractivity contribution is -0.304. The maximum atomic E-state index is 13.8. The Labute approximate surface area is 271 Å². The van der Waals surface area contributed by atoms with Crippen LogP contribution in [-0.4, -0.2) is 65.5 Å². The number of benzene rings is 1. The molecule has 3 amide bonds. The minimum Gasteiger partial charge on any atom is -0.481 e. The molecule has 9 nitrogen and oxygen atoms in total. The van der Waals surface area contributed by atoms with Crippen LogP contribution in [0, 0.1) is 17.3 Å². The summed E-state index contributed by atoms with van der Waals surface area (Å²) in [5.74, 6) is -3.32. The number of aliphatic carboxylic acids is 1. The van der Waals surface area contributed by atoms with Gasteiger partial charge in [0.25, 0.3) is 0 Å². The van der Waals surface area contributed by atoms with Crippen LogP contribution in [0.15, 0.2) is 30.3 Å². The molecule has 1 saturated heterocycles. The zero-order valence-electron chi connectivity index (χ0n) is 28.4. The standard InChI is InChI=1S/C36H59N3O6/c1-6-7-8-9-10-11-12-18-23-39(25-27-19-14-13-15-20-27)34(43)38-30-22-17-16-21-28(30)29(33(41)42)24-37-32(40)31-35(2,3)26-44-36(4,5)45-31/h13-15,19-20,28-31H,6-12,16-18,21-26H2,1-5H3,(H,37,40)(H,38,43)(H,41,42)/t28-,29?,30-,31?/m0/s1. The zero-order valence-corrected chi connectivity index (χ0v) is 28.4. The lowest BCUT2D eigenvalue weighted by Crippen LogP contribution is -2.57. The lowest BCUT2D eigenvalue weighted by Gasteiger charge is -2.45. The number of hydrogen-bond donors (Lipinski definition) is 3. The Hall–Kier alpha value is -2.65. The molecule has 0 aromatic heterocycles. The smallest absolute Gasteiger partial charge is 0.317 e. The number of carboxylic acids is 1. The number of amides is 3. The summed E-state index contributed by atoms with van der Waals surface area (Å²) < 4.78 is 11.7. The van der Waals surface area contributed by atoms with Crippen LogP contribution < -0.4 is 10.6 Å². The molecule has 1 aromatic carbocycles. The number of unbranched alkanes of at least 4 members (excludes halogenated alkanes) is 7. The van der Waals surface area contributed by atoms with Gasteiger partial charge in [-0.25, -0.2) is 4.79 Å². The Bertz CT molecular complexity index is 1060. The monoisotopic (exact) mass is 629 g/mol. The number of nitrogens with one attached hydrogen (secondary N) is 2. The van der Waals surface area contributed by atoms with Crippen LogP contribution in [0.3, 0.4) is 0 Å².